The normalized spacial score (nSPS) is 10.2. The van der Waals surface area contributed by atoms with Gasteiger partial charge in [0.1, 0.15) is 23.2 Å². The third kappa shape index (κ3) is 2.78. The van der Waals surface area contributed by atoms with E-state index in [1.165, 1.54) is 0 Å². The molecule has 1 heterocycles. The third-order valence-electron chi connectivity index (χ3n) is 3.74. The van der Waals surface area contributed by atoms with Gasteiger partial charge < -0.3 is 10.5 Å². The van der Waals surface area contributed by atoms with Crippen LogP contribution in [0.4, 0.5) is 5.82 Å². The van der Waals surface area contributed by atoms with Crippen molar-refractivity contribution in [2.75, 3.05) is 12.8 Å². The summed E-state index contributed by atoms with van der Waals surface area (Å²) in [6.45, 7) is 0. The van der Waals surface area contributed by atoms with Gasteiger partial charge in [-0.2, -0.15) is 5.26 Å². The first-order chi connectivity index (χ1) is 11.7. The van der Waals surface area contributed by atoms with Crippen molar-refractivity contribution in [3.05, 3.63) is 65.3 Å². The predicted molar refractivity (Wildman–Crippen MR) is 95.8 cm³/mol. The molecule has 0 fully saturated rings. The van der Waals surface area contributed by atoms with E-state index in [9.17, 15) is 5.26 Å². The number of nitriles is 1. The van der Waals surface area contributed by atoms with Crippen LogP contribution in [0, 0.1) is 11.3 Å². The van der Waals surface area contributed by atoms with Gasteiger partial charge >= 0.3 is 0 Å². The lowest BCUT2D eigenvalue weighted by atomic mass is 9.92. The quantitative estimate of drug-likeness (QED) is 0.763. The third-order valence-corrected chi connectivity index (χ3v) is 3.97. The van der Waals surface area contributed by atoms with E-state index < -0.39 is 0 Å². The van der Waals surface area contributed by atoms with E-state index in [2.05, 4.69) is 11.1 Å². The molecule has 1 aromatic heterocycles. The van der Waals surface area contributed by atoms with E-state index in [0.717, 1.165) is 11.1 Å². The van der Waals surface area contributed by atoms with Crippen molar-refractivity contribution in [3.8, 4) is 34.1 Å². The number of halogens is 1. The number of ether oxygens (including phenoxy) is 1. The van der Waals surface area contributed by atoms with Gasteiger partial charge in [-0.05, 0) is 23.8 Å². The summed E-state index contributed by atoms with van der Waals surface area (Å²) in [4.78, 5) is 4.17. The molecule has 0 amide bonds. The smallest absolute Gasteiger partial charge is 0.141 e. The molecule has 2 aromatic carbocycles. The van der Waals surface area contributed by atoms with E-state index >= 15 is 0 Å². The number of nitrogen functional groups attached to an aromatic ring is 1. The molecule has 0 atom stereocenters. The van der Waals surface area contributed by atoms with Crippen LogP contribution in [0.1, 0.15) is 5.56 Å². The molecule has 0 saturated heterocycles. The lowest BCUT2D eigenvalue weighted by molar-refractivity contribution is 0.416. The Bertz CT molecular complexity index is 933. The van der Waals surface area contributed by atoms with Crippen molar-refractivity contribution in [2.24, 2.45) is 0 Å². The van der Waals surface area contributed by atoms with Crippen LogP contribution >= 0.6 is 11.6 Å². The predicted octanol–water partition coefficient (Wildman–Crippen LogP) is 4.53. The summed E-state index contributed by atoms with van der Waals surface area (Å²) in [6, 6.07) is 17.1. The highest BCUT2D eigenvalue weighted by molar-refractivity contribution is 6.31. The lowest BCUT2D eigenvalue weighted by Crippen LogP contribution is -2.01. The largest absolute Gasteiger partial charge is 0.496 e. The van der Waals surface area contributed by atoms with Crippen LogP contribution in [0.25, 0.3) is 22.3 Å². The first kappa shape index (κ1) is 15.9. The van der Waals surface area contributed by atoms with Gasteiger partial charge in [-0.15, -0.1) is 0 Å². The van der Waals surface area contributed by atoms with Crippen molar-refractivity contribution in [2.45, 2.75) is 0 Å². The van der Waals surface area contributed by atoms with Crippen molar-refractivity contribution in [1.29, 1.82) is 5.26 Å². The molecule has 0 saturated carbocycles. The molecule has 2 N–H and O–H groups in total. The standard InChI is InChI=1S/C19H14ClN3O/c1-24-17-8-7-13(20)9-14(17)18-15(10-21)19(22)23-11-16(18)12-5-3-2-4-6-12/h2-9,11H,1H3,(H2,22,23). The zero-order chi connectivity index (χ0) is 17.1. The molecule has 0 aliphatic rings. The van der Waals surface area contributed by atoms with E-state index in [1.807, 2.05) is 30.3 Å². The van der Waals surface area contributed by atoms with E-state index in [4.69, 9.17) is 22.1 Å². The zero-order valence-electron chi connectivity index (χ0n) is 13.0. The fraction of sp³-hybridized carbons (Fsp3) is 0.0526. The Balaban J connectivity index is 2.41. The number of aromatic nitrogens is 1. The van der Waals surface area contributed by atoms with Crippen molar-refractivity contribution < 1.29 is 4.74 Å². The van der Waals surface area contributed by atoms with Crippen LogP contribution in [0.3, 0.4) is 0 Å². The van der Waals surface area contributed by atoms with Crippen LogP contribution in [0.2, 0.25) is 5.02 Å². The maximum Gasteiger partial charge on any atom is 0.141 e. The first-order valence-corrected chi connectivity index (χ1v) is 7.61. The molecule has 0 bridgehead atoms. The van der Waals surface area contributed by atoms with Crippen molar-refractivity contribution in [3.63, 3.8) is 0 Å². The van der Waals surface area contributed by atoms with Gasteiger partial charge in [-0.3, -0.25) is 0 Å². The minimum Gasteiger partial charge on any atom is -0.496 e. The fourth-order valence-corrected chi connectivity index (χ4v) is 2.80. The number of hydrogen-bond acceptors (Lipinski definition) is 4. The Morgan fingerprint density at radius 2 is 1.88 bits per heavy atom. The van der Waals surface area contributed by atoms with Gasteiger partial charge in [-0.1, -0.05) is 41.9 Å². The number of pyridine rings is 1. The van der Waals surface area contributed by atoms with Gasteiger partial charge in [0.25, 0.3) is 0 Å². The second-order valence-corrected chi connectivity index (χ2v) is 5.57. The lowest BCUT2D eigenvalue weighted by Gasteiger charge is -2.16. The molecule has 3 rings (SSSR count). The SMILES string of the molecule is COc1ccc(Cl)cc1-c1c(-c2ccccc2)cnc(N)c1C#N. The first-order valence-electron chi connectivity index (χ1n) is 7.23. The Morgan fingerprint density at radius 1 is 1.12 bits per heavy atom. The summed E-state index contributed by atoms with van der Waals surface area (Å²) in [7, 11) is 1.57. The number of rotatable bonds is 3. The van der Waals surface area contributed by atoms with Crippen LogP contribution < -0.4 is 10.5 Å². The van der Waals surface area contributed by atoms with E-state index in [1.54, 1.807) is 31.5 Å². The van der Waals surface area contributed by atoms with Crippen LogP contribution in [0.15, 0.2) is 54.7 Å². The summed E-state index contributed by atoms with van der Waals surface area (Å²) in [6.07, 6.45) is 1.67. The number of nitrogens with zero attached hydrogens (tertiary/aromatic N) is 2. The summed E-state index contributed by atoms with van der Waals surface area (Å²) in [5, 5.41) is 10.2. The van der Waals surface area contributed by atoms with Gasteiger partial charge in [0, 0.05) is 27.9 Å². The Hall–Kier alpha value is -3.03. The summed E-state index contributed by atoms with van der Waals surface area (Å²) >= 11 is 6.17. The maximum atomic E-state index is 9.62. The Labute approximate surface area is 145 Å². The Morgan fingerprint density at radius 3 is 2.54 bits per heavy atom. The second-order valence-electron chi connectivity index (χ2n) is 5.13. The number of methoxy groups -OCH3 is 1. The molecule has 4 nitrogen and oxygen atoms in total. The average Bonchev–Trinajstić information content (AvgIpc) is 2.62. The number of hydrogen-bond donors (Lipinski definition) is 1. The molecular formula is C19H14ClN3O. The molecule has 0 spiro atoms. The van der Waals surface area contributed by atoms with Crippen LogP contribution in [-0.2, 0) is 0 Å². The molecule has 0 unspecified atom stereocenters. The minimum absolute atomic E-state index is 0.175. The molecular weight excluding hydrogens is 322 g/mol. The molecule has 3 aromatic rings. The molecule has 0 aliphatic carbocycles. The number of nitrogens with two attached hydrogens (primary N) is 1. The Kier molecular flexibility index (Phi) is 4.37. The van der Waals surface area contributed by atoms with Gasteiger partial charge in [0.15, 0.2) is 0 Å². The summed E-state index contributed by atoms with van der Waals surface area (Å²) < 4.78 is 5.46. The highest BCUT2D eigenvalue weighted by atomic mass is 35.5. The minimum atomic E-state index is 0.175. The maximum absolute atomic E-state index is 9.62. The van der Waals surface area contributed by atoms with Crippen LogP contribution in [-0.4, -0.2) is 12.1 Å². The summed E-state index contributed by atoms with van der Waals surface area (Å²) in [5.41, 5.74) is 9.33. The fourth-order valence-electron chi connectivity index (χ4n) is 2.63. The zero-order valence-corrected chi connectivity index (χ0v) is 13.7. The molecule has 0 radical (unpaired) electrons. The highest BCUT2D eigenvalue weighted by Crippen LogP contribution is 2.41. The molecule has 118 valence electrons. The topological polar surface area (TPSA) is 71.9 Å². The number of anilines is 1. The molecule has 5 heteroatoms. The highest BCUT2D eigenvalue weighted by Gasteiger charge is 2.19. The average molecular weight is 336 g/mol. The van der Waals surface area contributed by atoms with Gasteiger partial charge in [0.05, 0.1) is 7.11 Å². The van der Waals surface area contributed by atoms with Crippen LogP contribution in [0.5, 0.6) is 5.75 Å². The monoisotopic (exact) mass is 335 g/mol. The van der Waals surface area contributed by atoms with E-state index in [0.29, 0.717) is 27.5 Å². The van der Waals surface area contributed by atoms with Gasteiger partial charge in [-0.25, -0.2) is 4.98 Å². The molecule has 0 aliphatic heterocycles. The summed E-state index contributed by atoms with van der Waals surface area (Å²) in [5.74, 6) is 0.785. The van der Waals surface area contributed by atoms with Gasteiger partial charge in [0.2, 0.25) is 0 Å². The van der Waals surface area contributed by atoms with Crippen molar-refractivity contribution >= 4 is 17.4 Å². The molecule has 24 heavy (non-hydrogen) atoms. The second kappa shape index (κ2) is 6.61. The number of benzene rings is 2. The van der Waals surface area contributed by atoms with E-state index in [-0.39, 0.29) is 5.82 Å². The van der Waals surface area contributed by atoms with Crippen molar-refractivity contribution in [1.82, 2.24) is 4.98 Å².